The van der Waals surface area contributed by atoms with Crippen LogP contribution in [0.4, 0.5) is 5.88 Å². The summed E-state index contributed by atoms with van der Waals surface area (Å²) in [5.74, 6) is 0.260. The molecule has 0 fully saturated rings. The minimum atomic E-state index is 0.260. The van der Waals surface area contributed by atoms with Gasteiger partial charge in [-0.2, -0.15) is 0 Å². The third kappa shape index (κ3) is 2.39. The molecule has 3 aromatic rings. The normalized spacial score (nSPS) is 10.8. The van der Waals surface area contributed by atoms with E-state index in [1.165, 1.54) is 0 Å². The maximum atomic E-state index is 6.28. The van der Waals surface area contributed by atoms with E-state index in [1.807, 2.05) is 43.3 Å². The molecular formula is C16H12Cl2N2O. The first-order chi connectivity index (χ1) is 10.1. The second-order valence-corrected chi connectivity index (χ2v) is 5.47. The highest BCUT2D eigenvalue weighted by Crippen LogP contribution is 2.41. The van der Waals surface area contributed by atoms with Crippen LogP contribution in [0.25, 0.3) is 22.4 Å². The molecule has 0 unspecified atom stereocenters. The van der Waals surface area contributed by atoms with E-state index in [1.54, 1.807) is 6.07 Å². The number of halogens is 2. The molecule has 0 bridgehead atoms. The van der Waals surface area contributed by atoms with E-state index in [9.17, 15) is 0 Å². The largest absolute Gasteiger partial charge is 0.367 e. The van der Waals surface area contributed by atoms with Crippen LogP contribution in [0.15, 0.2) is 47.0 Å². The predicted molar refractivity (Wildman–Crippen MR) is 86.5 cm³/mol. The zero-order valence-corrected chi connectivity index (χ0v) is 12.7. The Bertz CT molecular complexity index is 812. The Morgan fingerprint density at radius 2 is 1.71 bits per heavy atom. The number of rotatable bonds is 2. The molecule has 0 aliphatic heterocycles. The van der Waals surface area contributed by atoms with Gasteiger partial charge in [-0.05, 0) is 24.1 Å². The van der Waals surface area contributed by atoms with E-state index < -0.39 is 0 Å². The van der Waals surface area contributed by atoms with Crippen molar-refractivity contribution in [2.75, 3.05) is 5.73 Å². The van der Waals surface area contributed by atoms with Crippen molar-refractivity contribution in [1.82, 2.24) is 5.16 Å². The van der Waals surface area contributed by atoms with E-state index in [-0.39, 0.29) is 5.88 Å². The Hall–Kier alpha value is -1.97. The summed E-state index contributed by atoms with van der Waals surface area (Å²) in [5.41, 5.74) is 10.0. The molecular weight excluding hydrogens is 307 g/mol. The second-order valence-electron chi connectivity index (χ2n) is 4.69. The zero-order chi connectivity index (χ0) is 15.0. The van der Waals surface area contributed by atoms with Crippen molar-refractivity contribution in [3.8, 4) is 22.4 Å². The molecule has 0 saturated heterocycles. The van der Waals surface area contributed by atoms with Crippen molar-refractivity contribution in [1.29, 1.82) is 0 Å². The Kier molecular flexibility index (Phi) is 3.62. The molecule has 0 saturated carbocycles. The number of hydrogen-bond acceptors (Lipinski definition) is 3. The number of nitrogens with two attached hydrogens (primary N) is 1. The summed E-state index contributed by atoms with van der Waals surface area (Å²) in [6.07, 6.45) is 0. The lowest BCUT2D eigenvalue weighted by Gasteiger charge is -2.08. The van der Waals surface area contributed by atoms with E-state index >= 15 is 0 Å². The average Bonchev–Trinajstić information content (AvgIpc) is 2.84. The number of aryl methyl sites for hydroxylation is 1. The number of benzene rings is 2. The van der Waals surface area contributed by atoms with Crippen LogP contribution < -0.4 is 5.73 Å². The van der Waals surface area contributed by atoms with Gasteiger partial charge in [0.15, 0.2) is 0 Å². The molecule has 106 valence electrons. The molecule has 1 heterocycles. The Balaban J connectivity index is 2.28. The first kappa shape index (κ1) is 14.0. The van der Waals surface area contributed by atoms with Crippen LogP contribution in [0.1, 0.15) is 5.56 Å². The molecule has 0 radical (unpaired) electrons. The van der Waals surface area contributed by atoms with Gasteiger partial charge < -0.3 is 10.3 Å². The summed E-state index contributed by atoms with van der Waals surface area (Å²) in [5, 5.41) is 4.96. The van der Waals surface area contributed by atoms with Crippen LogP contribution in [0.5, 0.6) is 0 Å². The summed E-state index contributed by atoms with van der Waals surface area (Å²) in [4.78, 5) is 0. The fourth-order valence-corrected chi connectivity index (χ4v) is 2.68. The topological polar surface area (TPSA) is 52.0 Å². The summed E-state index contributed by atoms with van der Waals surface area (Å²) in [7, 11) is 0. The maximum absolute atomic E-state index is 6.28. The Morgan fingerprint density at radius 3 is 2.48 bits per heavy atom. The van der Waals surface area contributed by atoms with Crippen molar-refractivity contribution in [2.24, 2.45) is 0 Å². The highest BCUT2D eigenvalue weighted by atomic mass is 35.5. The number of nitrogen functional groups attached to an aromatic ring is 1. The molecule has 5 heteroatoms. The lowest BCUT2D eigenvalue weighted by Crippen LogP contribution is -1.90. The van der Waals surface area contributed by atoms with E-state index in [0.717, 1.165) is 16.7 Å². The predicted octanol–water partition coefficient (Wildman–Crippen LogP) is 5.21. The summed E-state index contributed by atoms with van der Waals surface area (Å²) < 4.78 is 5.18. The van der Waals surface area contributed by atoms with Gasteiger partial charge in [-0.25, -0.2) is 0 Å². The fourth-order valence-electron chi connectivity index (χ4n) is 2.29. The van der Waals surface area contributed by atoms with Crippen molar-refractivity contribution in [3.05, 3.63) is 58.1 Å². The lowest BCUT2D eigenvalue weighted by molar-refractivity contribution is 0.439. The van der Waals surface area contributed by atoms with Gasteiger partial charge in [0.1, 0.15) is 5.69 Å². The number of hydrogen-bond donors (Lipinski definition) is 1. The third-order valence-electron chi connectivity index (χ3n) is 3.34. The highest BCUT2D eigenvalue weighted by molar-refractivity contribution is 6.43. The molecule has 2 aromatic carbocycles. The minimum Gasteiger partial charge on any atom is -0.367 e. The highest BCUT2D eigenvalue weighted by Gasteiger charge is 2.21. The van der Waals surface area contributed by atoms with Crippen LogP contribution in [0.3, 0.4) is 0 Å². The fraction of sp³-hybridized carbons (Fsp3) is 0.0625. The van der Waals surface area contributed by atoms with Crippen LogP contribution in [-0.2, 0) is 0 Å². The van der Waals surface area contributed by atoms with Gasteiger partial charge in [-0.3, -0.25) is 0 Å². The quantitative estimate of drug-likeness (QED) is 0.706. The van der Waals surface area contributed by atoms with Gasteiger partial charge >= 0.3 is 0 Å². The van der Waals surface area contributed by atoms with Crippen LogP contribution >= 0.6 is 23.2 Å². The standard InChI is InChI=1S/C16H12Cl2N2O/c1-9-5-2-3-6-10(9)13-15(20-21-16(13)19)11-7-4-8-12(17)14(11)18/h2-8H,19H2,1H3. The molecule has 2 N–H and O–H groups in total. The van der Waals surface area contributed by atoms with Crippen LogP contribution in [0.2, 0.25) is 10.0 Å². The van der Waals surface area contributed by atoms with Crippen molar-refractivity contribution in [3.63, 3.8) is 0 Å². The summed E-state index contributed by atoms with van der Waals surface area (Å²) in [6, 6.07) is 13.3. The molecule has 0 amide bonds. The third-order valence-corrected chi connectivity index (χ3v) is 4.16. The van der Waals surface area contributed by atoms with E-state index in [4.69, 9.17) is 33.5 Å². The van der Waals surface area contributed by atoms with Crippen molar-refractivity contribution < 1.29 is 4.52 Å². The van der Waals surface area contributed by atoms with Crippen LogP contribution in [0, 0.1) is 6.92 Å². The second kappa shape index (κ2) is 5.43. The monoisotopic (exact) mass is 318 g/mol. The molecule has 0 atom stereocenters. The molecule has 1 aromatic heterocycles. The summed E-state index contributed by atoms with van der Waals surface area (Å²) >= 11 is 12.4. The van der Waals surface area contributed by atoms with E-state index in [2.05, 4.69) is 5.16 Å². The summed E-state index contributed by atoms with van der Waals surface area (Å²) in [6.45, 7) is 2.01. The smallest absolute Gasteiger partial charge is 0.230 e. The minimum absolute atomic E-state index is 0.260. The van der Waals surface area contributed by atoms with Crippen molar-refractivity contribution in [2.45, 2.75) is 6.92 Å². The van der Waals surface area contributed by atoms with Gasteiger partial charge in [0.25, 0.3) is 0 Å². The first-order valence-electron chi connectivity index (χ1n) is 6.35. The Morgan fingerprint density at radius 1 is 1.00 bits per heavy atom. The zero-order valence-electron chi connectivity index (χ0n) is 11.2. The Labute approximate surface area is 132 Å². The van der Waals surface area contributed by atoms with Gasteiger partial charge in [0, 0.05) is 5.56 Å². The molecule has 0 spiro atoms. The average molecular weight is 319 g/mol. The number of nitrogens with zero attached hydrogens (tertiary/aromatic N) is 1. The van der Waals surface area contributed by atoms with Gasteiger partial charge in [-0.1, -0.05) is 64.8 Å². The molecule has 3 rings (SSSR count). The molecule has 21 heavy (non-hydrogen) atoms. The maximum Gasteiger partial charge on any atom is 0.230 e. The van der Waals surface area contributed by atoms with Crippen LogP contribution in [-0.4, -0.2) is 5.16 Å². The number of aromatic nitrogens is 1. The van der Waals surface area contributed by atoms with Crippen molar-refractivity contribution >= 4 is 29.1 Å². The first-order valence-corrected chi connectivity index (χ1v) is 7.10. The lowest BCUT2D eigenvalue weighted by atomic mass is 9.97. The van der Waals surface area contributed by atoms with Gasteiger partial charge in [0.05, 0.1) is 15.6 Å². The SMILES string of the molecule is Cc1ccccc1-c1c(-c2cccc(Cl)c2Cl)noc1N. The molecule has 0 aliphatic carbocycles. The molecule has 3 nitrogen and oxygen atoms in total. The number of anilines is 1. The van der Waals surface area contributed by atoms with Gasteiger partial charge in [-0.15, -0.1) is 0 Å². The van der Waals surface area contributed by atoms with Gasteiger partial charge in [0.2, 0.25) is 5.88 Å². The molecule has 0 aliphatic rings. The van der Waals surface area contributed by atoms with E-state index in [0.29, 0.717) is 21.3 Å².